The summed E-state index contributed by atoms with van der Waals surface area (Å²) in [5.74, 6) is -0.802. The summed E-state index contributed by atoms with van der Waals surface area (Å²) in [6, 6.07) is -0.989. The number of amides is 2. The molecule has 1 atom stereocenters. The highest BCUT2D eigenvalue weighted by Crippen LogP contribution is 2.32. The molecule has 0 aromatic rings. The number of nitrogens with one attached hydrogen (secondary N) is 1. The molecule has 5 heteroatoms. The van der Waals surface area contributed by atoms with Crippen molar-refractivity contribution in [2.45, 2.75) is 45.1 Å². The predicted molar refractivity (Wildman–Crippen MR) is 64.8 cm³/mol. The number of carboxylic acids is 1. The molecule has 0 radical (unpaired) electrons. The Labute approximate surface area is 102 Å². The summed E-state index contributed by atoms with van der Waals surface area (Å²) in [7, 11) is 1.71. The van der Waals surface area contributed by atoms with E-state index in [4.69, 9.17) is 5.11 Å². The smallest absolute Gasteiger partial charge is 0.326 e. The highest BCUT2D eigenvalue weighted by molar-refractivity contribution is 5.83. The molecule has 0 aromatic carbocycles. The fourth-order valence-electron chi connectivity index (χ4n) is 1.75. The molecule has 1 fully saturated rings. The van der Waals surface area contributed by atoms with E-state index in [0.717, 1.165) is 32.1 Å². The average molecular weight is 242 g/mol. The normalized spacial score (nSPS) is 16.4. The van der Waals surface area contributed by atoms with Gasteiger partial charge in [0.2, 0.25) is 0 Å². The maximum Gasteiger partial charge on any atom is 0.326 e. The molecule has 0 spiro atoms. The van der Waals surface area contributed by atoms with Crippen molar-refractivity contribution >= 4 is 12.0 Å². The minimum absolute atomic E-state index is 0.125. The van der Waals surface area contributed by atoms with Crippen molar-refractivity contribution in [3.8, 4) is 0 Å². The molecule has 1 aliphatic rings. The van der Waals surface area contributed by atoms with E-state index in [1.807, 2.05) is 0 Å². The summed E-state index contributed by atoms with van der Waals surface area (Å²) in [5, 5.41) is 11.6. The molecule has 1 aliphatic carbocycles. The van der Waals surface area contributed by atoms with Gasteiger partial charge >= 0.3 is 12.0 Å². The van der Waals surface area contributed by atoms with E-state index in [1.165, 1.54) is 0 Å². The van der Waals surface area contributed by atoms with Crippen LogP contribution >= 0.6 is 0 Å². The van der Waals surface area contributed by atoms with E-state index < -0.39 is 12.0 Å². The molecule has 0 heterocycles. The number of urea groups is 1. The van der Waals surface area contributed by atoms with Gasteiger partial charge in [0.1, 0.15) is 6.04 Å². The number of carbonyl (C=O) groups excluding carboxylic acids is 1. The van der Waals surface area contributed by atoms with Crippen LogP contribution in [-0.2, 0) is 4.79 Å². The summed E-state index contributed by atoms with van der Waals surface area (Å²) >= 11 is 0. The van der Waals surface area contributed by atoms with Gasteiger partial charge in [0.25, 0.3) is 0 Å². The van der Waals surface area contributed by atoms with E-state index in [1.54, 1.807) is 11.9 Å². The molecule has 98 valence electrons. The van der Waals surface area contributed by atoms with Gasteiger partial charge in [-0.25, -0.2) is 9.59 Å². The fraction of sp³-hybridized carbons (Fsp3) is 0.833. The number of hydrogen-bond donors (Lipinski definition) is 2. The van der Waals surface area contributed by atoms with Gasteiger partial charge < -0.3 is 15.3 Å². The molecule has 1 unspecified atom stereocenters. The van der Waals surface area contributed by atoms with Crippen LogP contribution in [0.2, 0.25) is 0 Å². The van der Waals surface area contributed by atoms with Gasteiger partial charge in [0.05, 0.1) is 0 Å². The Morgan fingerprint density at radius 1 is 1.41 bits per heavy atom. The maximum atomic E-state index is 11.7. The SMILES string of the molecule is CCCCCN(C)C(=O)NC(C(=O)O)C1CC1. The third-order valence-electron chi connectivity index (χ3n) is 3.08. The largest absolute Gasteiger partial charge is 0.480 e. The van der Waals surface area contributed by atoms with Crippen molar-refractivity contribution in [1.82, 2.24) is 10.2 Å². The van der Waals surface area contributed by atoms with Gasteiger partial charge in [-0.3, -0.25) is 0 Å². The molecular weight excluding hydrogens is 220 g/mol. The van der Waals surface area contributed by atoms with E-state index >= 15 is 0 Å². The Bertz CT molecular complexity index is 277. The molecule has 17 heavy (non-hydrogen) atoms. The van der Waals surface area contributed by atoms with Crippen LogP contribution in [0.1, 0.15) is 39.0 Å². The van der Waals surface area contributed by atoms with Gasteiger partial charge in [0.15, 0.2) is 0 Å². The number of aliphatic carboxylic acids is 1. The van der Waals surface area contributed by atoms with E-state index in [-0.39, 0.29) is 11.9 Å². The van der Waals surface area contributed by atoms with Gasteiger partial charge in [-0.2, -0.15) is 0 Å². The van der Waals surface area contributed by atoms with Crippen LogP contribution in [0.25, 0.3) is 0 Å². The van der Waals surface area contributed by atoms with Crippen LogP contribution in [0.15, 0.2) is 0 Å². The lowest BCUT2D eigenvalue weighted by Gasteiger charge is -2.21. The number of carbonyl (C=O) groups is 2. The van der Waals surface area contributed by atoms with Crippen LogP contribution in [0.3, 0.4) is 0 Å². The van der Waals surface area contributed by atoms with Crippen molar-refractivity contribution in [2.24, 2.45) is 5.92 Å². The second-order valence-electron chi connectivity index (χ2n) is 4.73. The molecule has 1 rings (SSSR count). The van der Waals surface area contributed by atoms with E-state index in [9.17, 15) is 9.59 Å². The fourth-order valence-corrected chi connectivity index (χ4v) is 1.75. The first-order chi connectivity index (χ1) is 8.06. The zero-order chi connectivity index (χ0) is 12.8. The first-order valence-corrected chi connectivity index (χ1v) is 6.30. The number of rotatable bonds is 7. The van der Waals surface area contributed by atoms with Gasteiger partial charge in [-0.15, -0.1) is 0 Å². The monoisotopic (exact) mass is 242 g/mol. The minimum atomic E-state index is -0.928. The predicted octanol–water partition coefficient (Wildman–Crippen LogP) is 1.68. The van der Waals surface area contributed by atoms with E-state index in [2.05, 4.69) is 12.2 Å². The zero-order valence-electron chi connectivity index (χ0n) is 10.6. The van der Waals surface area contributed by atoms with Crippen LogP contribution in [0, 0.1) is 5.92 Å². The maximum absolute atomic E-state index is 11.7. The zero-order valence-corrected chi connectivity index (χ0v) is 10.6. The highest BCUT2D eigenvalue weighted by Gasteiger charge is 2.37. The van der Waals surface area contributed by atoms with Crippen LogP contribution in [0.4, 0.5) is 4.79 Å². The lowest BCUT2D eigenvalue weighted by Crippen LogP contribution is -2.48. The second-order valence-corrected chi connectivity index (χ2v) is 4.73. The van der Waals surface area contributed by atoms with Crippen LogP contribution in [0.5, 0.6) is 0 Å². The van der Waals surface area contributed by atoms with Gasteiger partial charge in [0, 0.05) is 13.6 Å². The number of nitrogens with zero attached hydrogens (tertiary/aromatic N) is 1. The Kier molecular flexibility index (Phi) is 5.25. The van der Waals surface area contributed by atoms with Crippen LogP contribution in [-0.4, -0.2) is 41.6 Å². The molecule has 2 N–H and O–H groups in total. The third kappa shape index (κ3) is 4.63. The average Bonchev–Trinajstić information content (AvgIpc) is 3.09. The summed E-state index contributed by atoms with van der Waals surface area (Å²) in [6.45, 7) is 2.78. The first-order valence-electron chi connectivity index (χ1n) is 6.30. The van der Waals surface area contributed by atoms with Crippen molar-refractivity contribution in [3.05, 3.63) is 0 Å². The topological polar surface area (TPSA) is 69.6 Å². The van der Waals surface area contributed by atoms with Crippen molar-refractivity contribution in [3.63, 3.8) is 0 Å². The lowest BCUT2D eigenvalue weighted by molar-refractivity contribution is -0.139. The number of carboxylic acid groups (broad SMARTS) is 1. The number of hydrogen-bond acceptors (Lipinski definition) is 2. The second kappa shape index (κ2) is 6.47. The minimum Gasteiger partial charge on any atom is -0.480 e. The Morgan fingerprint density at radius 3 is 2.53 bits per heavy atom. The summed E-state index contributed by atoms with van der Waals surface area (Å²) < 4.78 is 0. The molecule has 0 bridgehead atoms. The van der Waals surface area contributed by atoms with Crippen molar-refractivity contribution in [1.29, 1.82) is 0 Å². The van der Waals surface area contributed by atoms with Crippen molar-refractivity contribution in [2.75, 3.05) is 13.6 Å². The Hall–Kier alpha value is -1.26. The summed E-state index contributed by atoms with van der Waals surface area (Å²) in [5.41, 5.74) is 0. The first kappa shape index (κ1) is 13.8. The van der Waals surface area contributed by atoms with Crippen LogP contribution < -0.4 is 5.32 Å². The summed E-state index contributed by atoms with van der Waals surface area (Å²) in [6.07, 6.45) is 4.95. The number of unbranched alkanes of at least 4 members (excludes halogenated alkanes) is 2. The Morgan fingerprint density at radius 2 is 2.06 bits per heavy atom. The summed E-state index contributed by atoms with van der Waals surface area (Å²) in [4.78, 5) is 24.3. The molecule has 0 aromatic heterocycles. The van der Waals surface area contributed by atoms with Crippen molar-refractivity contribution < 1.29 is 14.7 Å². The quantitative estimate of drug-likeness (QED) is 0.667. The lowest BCUT2D eigenvalue weighted by atomic mass is 10.2. The Balaban J connectivity index is 2.32. The highest BCUT2D eigenvalue weighted by atomic mass is 16.4. The molecule has 5 nitrogen and oxygen atoms in total. The molecule has 2 amide bonds. The standard InChI is InChI=1S/C12H22N2O3/c1-3-4-5-8-14(2)12(17)13-10(11(15)16)9-6-7-9/h9-10H,3-8H2,1-2H3,(H,13,17)(H,15,16). The van der Waals surface area contributed by atoms with Gasteiger partial charge in [-0.1, -0.05) is 19.8 Å². The third-order valence-corrected chi connectivity index (χ3v) is 3.08. The molecule has 0 saturated heterocycles. The van der Waals surface area contributed by atoms with E-state index in [0.29, 0.717) is 6.54 Å². The molecule has 0 aliphatic heterocycles. The van der Waals surface area contributed by atoms with Gasteiger partial charge in [-0.05, 0) is 25.2 Å². The molecule has 1 saturated carbocycles. The molecular formula is C12H22N2O3.